The Balaban J connectivity index is 2.60. The first-order valence-corrected chi connectivity index (χ1v) is 6.11. The minimum absolute atomic E-state index is 0.151. The van der Waals surface area contributed by atoms with E-state index in [2.05, 4.69) is 15.6 Å². The number of hydrogen-bond acceptors (Lipinski definition) is 4. The van der Waals surface area contributed by atoms with E-state index in [1.165, 1.54) is 36.0 Å². The number of carbonyl (C=O) groups excluding carboxylic acids is 1. The summed E-state index contributed by atoms with van der Waals surface area (Å²) in [7, 11) is 1.46. The van der Waals surface area contributed by atoms with Gasteiger partial charge in [-0.25, -0.2) is 13.9 Å². The number of likely N-dealkylation sites (N-methyl/N-ethyl adjacent to an activating group) is 1. The predicted octanol–water partition coefficient (Wildman–Crippen LogP) is 1.09. The van der Waals surface area contributed by atoms with Gasteiger partial charge in [-0.15, -0.1) is 5.10 Å². The number of benzene rings is 1. The largest absolute Gasteiger partial charge is 0.476 e. The zero-order valence-electron chi connectivity index (χ0n) is 11.4. The van der Waals surface area contributed by atoms with Crippen LogP contribution >= 0.6 is 0 Å². The van der Waals surface area contributed by atoms with Gasteiger partial charge >= 0.3 is 5.97 Å². The van der Waals surface area contributed by atoms with Crippen molar-refractivity contribution in [3.63, 3.8) is 0 Å². The van der Waals surface area contributed by atoms with Gasteiger partial charge in [-0.3, -0.25) is 4.79 Å². The number of rotatable bonds is 4. The first kappa shape index (κ1) is 14.6. The lowest BCUT2D eigenvalue weighted by molar-refractivity contribution is -0.123. The summed E-state index contributed by atoms with van der Waals surface area (Å²) >= 11 is 0. The third kappa shape index (κ3) is 2.73. The van der Waals surface area contributed by atoms with Crippen molar-refractivity contribution in [1.29, 1.82) is 0 Å². The molecular formula is C13H13FN4O3. The Bertz CT molecular complexity index is 681. The number of nitrogens with one attached hydrogen (secondary N) is 1. The molecule has 0 spiro atoms. The highest BCUT2D eigenvalue weighted by molar-refractivity contribution is 5.93. The van der Waals surface area contributed by atoms with E-state index in [-0.39, 0.29) is 17.3 Å². The quantitative estimate of drug-likeness (QED) is 0.879. The van der Waals surface area contributed by atoms with Crippen molar-refractivity contribution in [3.05, 3.63) is 35.8 Å². The second-order valence-electron chi connectivity index (χ2n) is 4.33. The van der Waals surface area contributed by atoms with Crippen LogP contribution in [0.1, 0.15) is 23.5 Å². The average Bonchev–Trinajstić information content (AvgIpc) is 2.91. The van der Waals surface area contributed by atoms with E-state index in [0.717, 1.165) is 0 Å². The van der Waals surface area contributed by atoms with E-state index in [1.54, 1.807) is 6.92 Å². The Morgan fingerprint density at radius 2 is 1.95 bits per heavy atom. The van der Waals surface area contributed by atoms with Gasteiger partial charge in [0, 0.05) is 12.6 Å². The fraction of sp³-hybridized carbons (Fsp3) is 0.231. The molecule has 1 atom stereocenters. The van der Waals surface area contributed by atoms with Gasteiger partial charge in [0.2, 0.25) is 5.91 Å². The number of carboxylic acids is 1. The van der Waals surface area contributed by atoms with Crippen LogP contribution in [0.5, 0.6) is 0 Å². The number of nitrogens with zero attached hydrogens (tertiary/aromatic N) is 3. The molecule has 2 rings (SSSR count). The molecule has 0 aliphatic heterocycles. The fourth-order valence-electron chi connectivity index (χ4n) is 1.91. The molecule has 8 heteroatoms. The topological polar surface area (TPSA) is 97.1 Å². The molecule has 0 aliphatic carbocycles. The molecule has 1 aromatic carbocycles. The first-order valence-electron chi connectivity index (χ1n) is 6.11. The summed E-state index contributed by atoms with van der Waals surface area (Å²) in [5.41, 5.74) is 0.269. The van der Waals surface area contributed by atoms with Gasteiger partial charge in [0.15, 0.2) is 5.69 Å². The Morgan fingerprint density at radius 3 is 2.48 bits per heavy atom. The molecule has 7 nitrogen and oxygen atoms in total. The fourth-order valence-corrected chi connectivity index (χ4v) is 1.91. The second-order valence-corrected chi connectivity index (χ2v) is 4.33. The standard InChI is InChI=1S/C13H13FN4O3/c1-7(12(19)15-2)18-11(10(13(20)21)16-17-18)8-3-5-9(14)6-4-8/h3-7H,1-2H3,(H,15,19)(H,20,21). The average molecular weight is 292 g/mol. The highest BCUT2D eigenvalue weighted by Gasteiger charge is 2.25. The molecular weight excluding hydrogens is 279 g/mol. The second kappa shape index (κ2) is 5.70. The molecule has 21 heavy (non-hydrogen) atoms. The normalized spacial score (nSPS) is 12.0. The van der Waals surface area contributed by atoms with Gasteiger partial charge in [0.1, 0.15) is 17.6 Å². The van der Waals surface area contributed by atoms with Crippen LogP contribution in [0.25, 0.3) is 11.3 Å². The lowest BCUT2D eigenvalue weighted by Crippen LogP contribution is -2.29. The van der Waals surface area contributed by atoms with Gasteiger partial charge in [-0.1, -0.05) is 5.21 Å². The number of hydrogen-bond donors (Lipinski definition) is 2. The van der Waals surface area contributed by atoms with Crippen molar-refractivity contribution in [3.8, 4) is 11.3 Å². The summed E-state index contributed by atoms with van der Waals surface area (Å²) in [4.78, 5) is 23.0. The molecule has 0 bridgehead atoms. The summed E-state index contributed by atoms with van der Waals surface area (Å²) < 4.78 is 14.2. The van der Waals surface area contributed by atoms with Crippen LogP contribution in [0.2, 0.25) is 0 Å². The number of carboxylic acid groups (broad SMARTS) is 1. The molecule has 2 aromatic rings. The number of aromatic carboxylic acids is 1. The van der Waals surface area contributed by atoms with Gasteiger partial charge in [-0.2, -0.15) is 0 Å². The molecule has 0 radical (unpaired) electrons. The van der Waals surface area contributed by atoms with Gasteiger partial charge in [-0.05, 0) is 31.2 Å². The smallest absolute Gasteiger partial charge is 0.358 e. The Morgan fingerprint density at radius 1 is 1.33 bits per heavy atom. The summed E-state index contributed by atoms with van der Waals surface area (Å²) in [6.45, 7) is 1.56. The van der Waals surface area contributed by atoms with Crippen LogP contribution in [0, 0.1) is 5.82 Å². The Hall–Kier alpha value is -2.77. The van der Waals surface area contributed by atoms with Gasteiger partial charge < -0.3 is 10.4 Å². The summed E-state index contributed by atoms with van der Waals surface area (Å²) in [6, 6.07) is 4.46. The molecule has 1 aromatic heterocycles. The van der Waals surface area contributed by atoms with E-state index >= 15 is 0 Å². The molecule has 0 fully saturated rings. The van der Waals surface area contributed by atoms with Crippen LogP contribution in [0.4, 0.5) is 4.39 Å². The van der Waals surface area contributed by atoms with E-state index in [4.69, 9.17) is 0 Å². The monoisotopic (exact) mass is 292 g/mol. The summed E-state index contributed by atoms with van der Waals surface area (Å²) in [5.74, 6) is -2.07. The minimum atomic E-state index is -1.27. The summed E-state index contributed by atoms with van der Waals surface area (Å²) in [6.07, 6.45) is 0. The minimum Gasteiger partial charge on any atom is -0.476 e. The lowest BCUT2D eigenvalue weighted by atomic mass is 10.1. The Kier molecular flexibility index (Phi) is 3.97. The SMILES string of the molecule is CNC(=O)C(C)n1nnc(C(=O)O)c1-c1ccc(F)cc1. The van der Waals surface area contributed by atoms with Crippen molar-refractivity contribution in [1.82, 2.24) is 20.3 Å². The van der Waals surface area contributed by atoms with Crippen molar-refractivity contribution < 1.29 is 19.1 Å². The van der Waals surface area contributed by atoms with E-state index in [1.807, 2.05) is 0 Å². The van der Waals surface area contributed by atoms with Crippen molar-refractivity contribution >= 4 is 11.9 Å². The van der Waals surface area contributed by atoms with Crippen molar-refractivity contribution in [2.45, 2.75) is 13.0 Å². The maximum atomic E-state index is 13.0. The van der Waals surface area contributed by atoms with Gasteiger partial charge in [0.05, 0.1) is 0 Å². The molecule has 2 N–H and O–H groups in total. The number of amides is 1. The zero-order chi connectivity index (χ0) is 15.6. The highest BCUT2D eigenvalue weighted by Crippen LogP contribution is 2.25. The predicted molar refractivity (Wildman–Crippen MR) is 71.2 cm³/mol. The molecule has 0 aliphatic rings. The van der Waals surface area contributed by atoms with Gasteiger partial charge in [0.25, 0.3) is 0 Å². The van der Waals surface area contributed by atoms with Crippen LogP contribution in [-0.2, 0) is 4.79 Å². The maximum Gasteiger partial charge on any atom is 0.358 e. The summed E-state index contributed by atoms with van der Waals surface area (Å²) in [5, 5.41) is 19.0. The molecule has 1 amide bonds. The number of halogens is 1. The first-order chi connectivity index (χ1) is 9.95. The maximum absolute atomic E-state index is 13.0. The Labute approximate surface area is 119 Å². The molecule has 1 unspecified atom stereocenters. The molecule has 0 saturated heterocycles. The number of carbonyl (C=O) groups is 2. The molecule has 110 valence electrons. The highest BCUT2D eigenvalue weighted by atomic mass is 19.1. The molecule has 0 saturated carbocycles. The third-order valence-electron chi connectivity index (χ3n) is 3.01. The van der Waals surface area contributed by atoms with Crippen LogP contribution in [-0.4, -0.2) is 39.0 Å². The van der Waals surface area contributed by atoms with Crippen LogP contribution in [0.3, 0.4) is 0 Å². The van der Waals surface area contributed by atoms with Crippen LogP contribution < -0.4 is 5.32 Å². The molecule has 1 heterocycles. The third-order valence-corrected chi connectivity index (χ3v) is 3.01. The zero-order valence-corrected chi connectivity index (χ0v) is 11.4. The van der Waals surface area contributed by atoms with Crippen molar-refractivity contribution in [2.24, 2.45) is 0 Å². The van der Waals surface area contributed by atoms with Crippen LogP contribution in [0.15, 0.2) is 24.3 Å². The lowest BCUT2D eigenvalue weighted by Gasteiger charge is -2.13. The van der Waals surface area contributed by atoms with E-state index < -0.39 is 17.8 Å². The van der Waals surface area contributed by atoms with E-state index in [9.17, 15) is 19.1 Å². The number of aromatic nitrogens is 3. The van der Waals surface area contributed by atoms with E-state index in [0.29, 0.717) is 5.56 Å². The van der Waals surface area contributed by atoms with Crippen molar-refractivity contribution in [2.75, 3.05) is 7.05 Å².